The first-order chi connectivity index (χ1) is 10.2. The molecule has 3 N–H and O–H groups in total. The largest absolute Gasteiger partial charge is 0.271 e. The quantitative estimate of drug-likeness (QED) is 0.565. The summed E-state index contributed by atoms with van der Waals surface area (Å²) in [6.07, 6.45) is 1.76. The minimum atomic E-state index is -0.283. The lowest BCUT2D eigenvalue weighted by Gasteiger charge is -2.20. The summed E-state index contributed by atoms with van der Waals surface area (Å²) in [6, 6.07) is 15.1. The third kappa shape index (κ3) is 2.61. The number of aromatic nitrogens is 1. The number of hydrogen-bond acceptors (Lipinski definition) is 3. The average Bonchev–Trinajstić information content (AvgIpc) is 2.52. The van der Waals surface area contributed by atoms with Crippen LogP contribution in [0.1, 0.15) is 17.2 Å². The number of rotatable bonds is 3. The number of halogens is 2. The van der Waals surface area contributed by atoms with Crippen molar-refractivity contribution in [2.24, 2.45) is 5.84 Å². The van der Waals surface area contributed by atoms with E-state index in [1.807, 2.05) is 42.5 Å². The molecule has 0 aliphatic carbocycles. The summed E-state index contributed by atoms with van der Waals surface area (Å²) in [5.74, 6) is 5.77. The molecule has 0 aliphatic rings. The molecule has 1 heterocycles. The van der Waals surface area contributed by atoms with E-state index in [-0.39, 0.29) is 6.04 Å². The lowest BCUT2D eigenvalue weighted by molar-refractivity contribution is 0.640. The number of benzene rings is 2. The van der Waals surface area contributed by atoms with Crippen molar-refractivity contribution in [3.63, 3.8) is 0 Å². The van der Waals surface area contributed by atoms with Crippen LogP contribution in [-0.2, 0) is 0 Å². The van der Waals surface area contributed by atoms with Gasteiger partial charge in [-0.1, -0.05) is 59.6 Å². The molecule has 1 unspecified atom stereocenters. The summed E-state index contributed by atoms with van der Waals surface area (Å²) in [5, 5.41) is 2.05. The van der Waals surface area contributed by atoms with Crippen LogP contribution in [-0.4, -0.2) is 4.98 Å². The van der Waals surface area contributed by atoms with Gasteiger partial charge in [0.05, 0.1) is 21.6 Å². The van der Waals surface area contributed by atoms with Gasteiger partial charge in [0.2, 0.25) is 0 Å². The van der Waals surface area contributed by atoms with Gasteiger partial charge in [0.1, 0.15) is 0 Å². The van der Waals surface area contributed by atoms with Crippen molar-refractivity contribution in [3.05, 3.63) is 75.9 Å². The zero-order valence-electron chi connectivity index (χ0n) is 11.1. The molecule has 0 radical (unpaired) electrons. The lowest BCUT2D eigenvalue weighted by atomic mass is 9.96. The summed E-state index contributed by atoms with van der Waals surface area (Å²) in [5.41, 5.74) is 5.48. The highest BCUT2D eigenvalue weighted by atomic mass is 35.5. The van der Waals surface area contributed by atoms with E-state index in [0.717, 1.165) is 22.0 Å². The lowest BCUT2D eigenvalue weighted by Crippen LogP contribution is -2.29. The second-order valence-electron chi connectivity index (χ2n) is 4.67. The molecule has 0 saturated carbocycles. The predicted octanol–water partition coefficient (Wildman–Crippen LogP) is 4.09. The molecule has 2 aromatic carbocycles. The van der Waals surface area contributed by atoms with Gasteiger partial charge in [-0.15, -0.1) is 0 Å². The molecule has 3 nitrogen and oxygen atoms in total. The summed E-state index contributed by atoms with van der Waals surface area (Å²) in [6.45, 7) is 0. The maximum absolute atomic E-state index is 6.32. The molecular formula is C16H13Cl2N3. The number of nitrogens with zero attached hydrogens (tertiary/aromatic N) is 1. The Labute approximate surface area is 132 Å². The molecule has 1 aromatic heterocycles. The number of nitrogens with two attached hydrogens (primary N) is 1. The first kappa shape index (κ1) is 14.3. The molecule has 106 valence electrons. The second kappa shape index (κ2) is 6.00. The fourth-order valence-electron chi connectivity index (χ4n) is 2.45. The molecule has 0 aliphatic heterocycles. The average molecular weight is 318 g/mol. The highest BCUT2D eigenvalue weighted by Crippen LogP contribution is 2.34. The van der Waals surface area contributed by atoms with E-state index in [1.165, 1.54) is 0 Å². The van der Waals surface area contributed by atoms with Crippen LogP contribution in [0.2, 0.25) is 10.0 Å². The van der Waals surface area contributed by atoms with Gasteiger partial charge >= 0.3 is 0 Å². The molecule has 1 atom stereocenters. The molecule has 5 heteroatoms. The Kier molecular flexibility index (Phi) is 4.08. The van der Waals surface area contributed by atoms with E-state index in [4.69, 9.17) is 29.0 Å². The smallest absolute Gasteiger partial charge is 0.0753 e. The van der Waals surface area contributed by atoms with Gasteiger partial charge in [0, 0.05) is 17.1 Å². The van der Waals surface area contributed by atoms with E-state index < -0.39 is 0 Å². The van der Waals surface area contributed by atoms with Gasteiger partial charge in [-0.2, -0.15) is 0 Å². The zero-order valence-corrected chi connectivity index (χ0v) is 12.6. The standard InChI is InChI=1S/C16H13Cl2N3/c17-13-8-2-6-11(14(13)18)16(21-19)12-7-1-4-10-5-3-9-20-15(10)12/h1-9,16,21H,19H2. The molecule has 0 bridgehead atoms. The van der Waals surface area contributed by atoms with E-state index in [9.17, 15) is 0 Å². The van der Waals surface area contributed by atoms with Crippen molar-refractivity contribution in [1.82, 2.24) is 10.4 Å². The second-order valence-corrected chi connectivity index (χ2v) is 5.45. The maximum Gasteiger partial charge on any atom is 0.0753 e. The van der Waals surface area contributed by atoms with E-state index in [0.29, 0.717) is 10.0 Å². The fourth-order valence-corrected chi connectivity index (χ4v) is 2.87. The van der Waals surface area contributed by atoms with Crippen LogP contribution in [0.3, 0.4) is 0 Å². The SMILES string of the molecule is NNC(c1cccc(Cl)c1Cl)c1cccc2cccnc12. The number of hydrogen-bond donors (Lipinski definition) is 2. The Morgan fingerprint density at radius 1 is 0.952 bits per heavy atom. The summed E-state index contributed by atoms with van der Waals surface area (Å²) >= 11 is 12.4. The molecule has 3 aromatic rings. The van der Waals surface area contributed by atoms with Crippen LogP contribution in [0.15, 0.2) is 54.7 Å². The van der Waals surface area contributed by atoms with Crippen molar-refractivity contribution >= 4 is 34.1 Å². The van der Waals surface area contributed by atoms with Crippen LogP contribution < -0.4 is 11.3 Å². The number of nitrogens with one attached hydrogen (secondary N) is 1. The van der Waals surface area contributed by atoms with Gasteiger partial charge in [0.25, 0.3) is 0 Å². The topological polar surface area (TPSA) is 50.9 Å². The number of fused-ring (bicyclic) bond motifs is 1. The predicted molar refractivity (Wildman–Crippen MR) is 87.4 cm³/mol. The third-order valence-corrected chi connectivity index (χ3v) is 4.27. The Morgan fingerprint density at radius 2 is 1.67 bits per heavy atom. The fraction of sp³-hybridized carbons (Fsp3) is 0.0625. The van der Waals surface area contributed by atoms with Crippen LogP contribution in [0.5, 0.6) is 0 Å². The molecular weight excluding hydrogens is 305 g/mol. The van der Waals surface area contributed by atoms with Crippen LogP contribution in [0.25, 0.3) is 10.9 Å². The van der Waals surface area contributed by atoms with Crippen LogP contribution in [0, 0.1) is 0 Å². The van der Waals surface area contributed by atoms with Gasteiger partial charge in [0.15, 0.2) is 0 Å². The molecule has 0 spiro atoms. The van der Waals surface area contributed by atoms with Crippen molar-refractivity contribution in [2.45, 2.75) is 6.04 Å². The van der Waals surface area contributed by atoms with Gasteiger partial charge < -0.3 is 0 Å². The van der Waals surface area contributed by atoms with E-state index >= 15 is 0 Å². The maximum atomic E-state index is 6.32. The minimum absolute atomic E-state index is 0.283. The number of hydrazine groups is 1. The highest BCUT2D eigenvalue weighted by Gasteiger charge is 2.19. The number of pyridine rings is 1. The third-order valence-electron chi connectivity index (χ3n) is 3.43. The molecule has 0 saturated heterocycles. The van der Waals surface area contributed by atoms with Crippen LogP contribution >= 0.6 is 23.2 Å². The Balaban J connectivity index is 2.21. The Bertz CT molecular complexity index is 784. The van der Waals surface area contributed by atoms with Gasteiger partial charge in [-0.3, -0.25) is 10.8 Å². The highest BCUT2D eigenvalue weighted by molar-refractivity contribution is 6.42. The molecule has 21 heavy (non-hydrogen) atoms. The first-order valence-corrected chi connectivity index (χ1v) is 7.21. The van der Waals surface area contributed by atoms with Gasteiger partial charge in [-0.25, -0.2) is 5.43 Å². The summed E-state index contributed by atoms with van der Waals surface area (Å²) in [7, 11) is 0. The van der Waals surface area contributed by atoms with Crippen LogP contribution in [0.4, 0.5) is 0 Å². The van der Waals surface area contributed by atoms with Gasteiger partial charge in [-0.05, 0) is 17.7 Å². The minimum Gasteiger partial charge on any atom is -0.271 e. The van der Waals surface area contributed by atoms with Crippen molar-refractivity contribution in [1.29, 1.82) is 0 Å². The van der Waals surface area contributed by atoms with Crippen molar-refractivity contribution < 1.29 is 0 Å². The van der Waals surface area contributed by atoms with Crippen molar-refractivity contribution in [3.8, 4) is 0 Å². The molecule has 0 amide bonds. The Morgan fingerprint density at radius 3 is 2.48 bits per heavy atom. The summed E-state index contributed by atoms with van der Waals surface area (Å²) in [4.78, 5) is 4.46. The van der Waals surface area contributed by atoms with Crippen molar-refractivity contribution in [2.75, 3.05) is 0 Å². The normalized spacial score (nSPS) is 12.5. The first-order valence-electron chi connectivity index (χ1n) is 6.46. The van der Waals surface area contributed by atoms with E-state index in [1.54, 1.807) is 12.3 Å². The zero-order chi connectivity index (χ0) is 14.8. The summed E-state index contributed by atoms with van der Waals surface area (Å²) < 4.78 is 0. The monoisotopic (exact) mass is 317 g/mol. The number of para-hydroxylation sites is 1. The molecule has 0 fully saturated rings. The Hall–Kier alpha value is -1.65. The molecule has 3 rings (SSSR count). The van der Waals surface area contributed by atoms with E-state index in [2.05, 4.69) is 10.4 Å².